The van der Waals surface area contributed by atoms with Gasteiger partial charge in [-0.25, -0.2) is 0 Å². The maximum Gasteiger partial charge on any atom is 0.122 e. The van der Waals surface area contributed by atoms with E-state index in [4.69, 9.17) is 4.74 Å². The molecule has 0 aliphatic carbocycles. The summed E-state index contributed by atoms with van der Waals surface area (Å²) in [5, 5.41) is 13.6. The first-order chi connectivity index (χ1) is 11.6. The number of ether oxygens (including phenoxy) is 1. The fraction of sp³-hybridized carbons (Fsp3) is 0.429. The molecule has 0 spiro atoms. The predicted molar refractivity (Wildman–Crippen MR) is 99.5 cm³/mol. The zero-order valence-electron chi connectivity index (χ0n) is 14.9. The van der Waals surface area contributed by atoms with Crippen LogP contribution in [0.1, 0.15) is 50.3 Å². The molecule has 2 rings (SSSR count). The van der Waals surface area contributed by atoms with Gasteiger partial charge in [0.15, 0.2) is 0 Å². The molecule has 0 unspecified atom stereocenters. The smallest absolute Gasteiger partial charge is 0.122 e. The van der Waals surface area contributed by atoms with Crippen molar-refractivity contribution in [3.63, 3.8) is 0 Å². The van der Waals surface area contributed by atoms with Gasteiger partial charge < -0.3 is 15.2 Å². The molecule has 0 bridgehead atoms. The van der Waals surface area contributed by atoms with Gasteiger partial charge in [0.1, 0.15) is 18.5 Å². The lowest BCUT2D eigenvalue weighted by molar-refractivity contribution is 0.103. The maximum absolute atomic E-state index is 10.2. The molecular weight excluding hydrogens is 298 g/mol. The van der Waals surface area contributed by atoms with Gasteiger partial charge in [-0.1, -0.05) is 62.4 Å². The third-order valence-corrected chi connectivity index (χ3v) is 4.45. The van der Waals surface area contributed by atoms with E-state index in [-0.39, 0.29) is 6.04 Å². The first-order valence-corrected chi connectivity index (χ1v) is 8.80. The van der Waals surface area contributed by atoms with Crippen LogP contribution in [0.5, 0.6) is 5.75 Å². The molecule has 3 atom stereocenters. The van der Waals surface area contributed by atoms with Crippen LogP contribution < -0.4 is 10.1 Å². The lowest BCUT2D eigenvalue weighted by Crippen LogP contribution is -2.33. The Morgan fingerprint density at radius 3 is 2.38 bits per heavy atom. The average Bonchev–Trinajstić information content (AvgIpc) is 2.64. The van der Waals surface area contributed by atoms with Crippen LogP contribution in [0.2, 0.25) is 0 Å². The van der Waals surface area contributed by atoms with Gasteiger partial charge >= 0.3 is 0 Å². The van der Waals surface area contributed by atoms with E-state index in [1.54, 1.807) is 0 Å². The van der Waals surface area contributed by atoms with Crippen molar-refractivity contribution in [1.29, 1.82) is 0 Å². The molecule has 0 aliphatic rings. The Kier molecular flexibility index (Phi) is 7.29. The van der Waals surface area contributed by atoms with Crippen LogP contribution in [-0.4, -0.2) is 24.4 Å². The van der Waals surface area contributed by atoms with E-state index in [1.807, 2.05) is 36.4 Å². The minimum absolute atomic E-state index is 0.202. The molecule has 0 saturated heterocycles. The molecule has 2 aromatic rings. The van der Waals surface area contributed by atoms with Crippen LogP contribution >= 0.6 is 0 Å². The molecule has 0 aliphatic heterocycles. The molecule has 3 nitrogen and oxygen atoms in total. The molecule has 0 fully saturated rings. The van der Waals surface area contributed by atoms with Crippen molar-refractivity contribution >= 4 is 0 Å². The highest BCUT2D eigenvalue weighted by Gasteiger charge is 2.12. The second-order valence-corrected chi connectivity index (χ2v) is 6.35. The van der Waals surface area contributed by atoms with Gasteiger partial charge in [0.2, 0.25) is 0 Å². The molecule has 2 aromatic carbocycles. The first-order valence-electron chi connectivity index (χ1n) is 8.80. The van der Waals surface area contributed by atoms with Crippen LogP contribution in [-0.2, 0) is 0 Å². The summed E-state index contributed by atoms with van der Waals surface area (Å²) < 4.78 is 5.87. The van der Waals surface area contributed by atoms with Crippen molar-refractivity contribution in [3.8, 4) is 5.75 Å². The Labute approximate surface area is 145 Å². The Hall–Kier alpha value is -1.84. The molecular formula is C21H29NO2. The number of benzene rings is 2. The third kappa shape index (κ3) is 5.36. The molecule has 0 amide bonds. The lowest BCUT2D eigenvalue weighted by Gasteiger charge is -2.20. The van der Waals surface area contributed by atoms with Crippen molar-refractivity contribution in [1.82, 2.24) is 5.32 Å². The number of hydrogen-bond donors (Lipinski definition) is 2. The number of rotatable bonds is 9. The lowest BCUT2D eigenvalue weighted by atomic mass is 9.98. The largest absolute Gasteiger partial charge is 0.491 e. The van der Waals surface area contributed by atoms with Crippen molar-refractivity contribution in [2.24, 2.45) is 0 Å². The van der Waals surface area contributed by atoms with Gasteiger partial charge in [-0.3, -0.25) is 0 Å². The van der Waals surface area contributed by atoms with E-state index in [2.05, 4.69) is 44.3 Å². The first kappa shape index (κ1) is 18.5. The standard InChI is InChI=1S/C21H29NO2/c1-4-16(2)20-12-8-9-13-21(20)24-15-19(23)14-22-17(3)18-10-6-5-7-11-18/h5-13,16-17,19,22-23H,4,14-15H2,1-3H3/t16-,17-,19+/m0/s1. The molecule has 24 heavy (non-hydrogen) atoms. The Morgan fingerprint density at radius 1 is 1.00 bits per heavy atom. The van der Waals surface area contributed by atoms with Crippen LogP contribution in [0.15, 0.2) is 54.6 Å². The molecule has 130 valence electrons. The van der Waals surface area contributed by atoms with Crippen molar-refractivity contribution in [2.45, 2.75) is 45.3 Å². The SMILES string of the molecule is CC[C@H](C)c1ccccc1OC[C@H](O)CN[C@@H](C)c1ccccc1. The van der Waals surface area contributed by atoms with Crippen LogP contribution in [0.25, 0.3) is 0 Å². The molecule has 0 saturated carbocycles. The summed E-state index contributed by atoms with van der Waals surface area (Å²) in [6, 6.07) is 18.5. The number of aliphatic hydroxyl groups is 1. The van der Waals surface area contributed by atoms with Crippen LogP contribution in [0.3, 0.4) is 0 Å². The van der Waals surface area contributed by atoms with Gasteiger partial charge in [0.05, 0.1) is 0 Å². The topological polar surface area (TPSA) is 41.5 Å². The van der Waals surface area contributed by atoms with Crippen molar-refractivity contribution in [2.75, 3.05) is 13.2 Å². The van der Waals surface area contributed by atoms with Gasteiger partial charge in [0.25, 0.3) is 0 Å². The average molecular weight is 327 g/mol. The second-order valence-electron chi connectivity index (χ2n) is 6.35. The minimum Gasteiger partial charge on any atom is -0.491 e. The molecule has 0 radical (unpaired) electrons. The molecule has 3 heteroatoms. The third-order valence-electron chi connectivity index (χ3n) is 4.45. The van der Waals surface area contributed by atoms with E-state index in [0.29, 0.717) is 19.1 Å². The van der Waals surface area contributed by atoms with Crippen molar-refractivity contribution < 1.29 is 9.84 Å². The van der Waals surface area contributed by atoms with E-state index in [9.17, 15) is 5.11 Å². The summed E-state index contributed by atoms with van der Waals surface area (Å²) in [7, 11) is 0. The zero-order valence-corrected chi connectivity index (χ0v) is 14.9. The molecule has 2 N–H and O–H groups in total. The Balaban J connectivity index is 1.82. The number of para-hydroxylation sites is 1. The van der Waals surface area contributed by atoms with E-state index in [1.165, 1.54) is 11.1 Å². The summed E-state index contributed by atoms with van der Waals surface area (Å²) in [6.07, 6.45) is 0.528. The zero-order chi connectivity index (χ0) is 17.4. The fourth-order valence-corrected chi connectivity index (χ4v) is 2.66. The van der Waals surface area contributed by atoms with Gasteiger partial charge in [-0.15, -0.1) is 0 Å². The highest BCUT2D eigenvalue weighted by atomic mass is 16.5. The predicted octanol–water partition coefficient (Wildman–Crippen LogP) is 4.29. The van der Waals surface area contributed by atoms with Crippen molar-refractivity contribution in [3.05, 3.63) is 65.7 Å². The van der Waals surface area contributed by atoms with E-state index < -0.39 is 6.10 Å². The Bertz CT molecular complexity index is 600. The summed E-state index contributed by atoms with van der Waals surface area (Å²) in [6.45, 7) is 7.26. The number of aliphatic hydroxyl groups excluding tert-OH is 1. The highest BCUT2D eigenvalue weighted by molar-refractivity contribution is 5.35. The molecule has 0 aromatic heterocycles. The fourth-order valence-electron chi connectivity index (χ4n) is 2.66. The van der Waals surface area contributed by atoms with Crippen LogP contribution in [0, 0.1) is 0 Å². The monoisotopic (exact) mass is 327 g/mol. The summed E-state index contributed by atoms with van der Waals surface area (Å²) in [5.74, 6) is 1.33. The highest BCUT2D eigenvalue weighted by Crippen LogP contribution is 2.28. The molecule has 0 heterocycles. The summed E-state index contributed by atoms with van der Waals surface area (Å²) in [5.41, 5.74) is 2.42. The minimum atomic E-state index is -0.541. The van der Waals surface area contributed by atoms with Gasteiger partial charge in [0, 0.05) is 12.6 Å². The van der Waals surface area contributed by atoms with Gasteiger partial charge in [-0.2, -0.15) is 0 Å². The van der Waals surface area contributed by atoms with Crippen LogP contribution in [0.4, 0.5) is 0 Å². The Morgan fingerprint density at radius 2 is 1.67 bits per heavy atom. The van der Waals surface area contributed by atoms with E-state index >= 15 is 0 Å². The van der Waals surface area contributed by atoms with Gasteiger partial charge in [-0.05, 0) is 36.5 Å². The number of nitrogens with one attached hydrogen (secondary N) is 1. The maximum atomic E-state index is 10.2. The summed E-state index contributed by atoms with van der Waals surface area (Å²) >= 11 is 0. The normalized spacial score (nSPS) is 14.8. The number of hydrogen-bond acceptors (Lipinski definition) is 3. The summed E-state index contributed by atoms with van der Waals surface area (Å²) in [4.78, 5) is 0. The van der Waals surface area contributed by atoms with E-state index in [0.717, 1.165) is 12.2 Å². The quantitative estimate of drug-likeness (QED) is 0.722. The second kappa shape index (κ2) is 9.45.